The summed E-state index contributed by atoms with van der Waals surface area (Å²) in [5, 5.41) is 7.81. The van der Waals surface area contributed by atoms with Crippen LogP contribution in [0.3, 0.4) is 0 Å². The molecule has 0 saturated heterocycles. The van der Waals surface area contributed by atoms with Crippen LogP contribution in [0.15, 0.2) is 6.07 Å². The van der Waals surface area contributed by atoms with Crippen LogP contribution in [0, 0.1) is 0 Å². The van der Waals surface area contributed by atoms with E-state index in [2.05, 4.69) is 17.1 Å². The summed E-state index contributed by atoms with van der Waals surface area (Å²) in [6.45, 7) is 2.81. The first kappa shape index (κ1) is 12.5. The Morgan fingerprint density at radius 3 is 2.73 bits per heavy atom. The Kier molecular flexibility index (Phi) is 5.73. The van der Waals surface area contributed by atoms with Gasteiger partial charge in [-0.3, -0.25) is 0 Å². The van der Waals surface area contributed by atoms with E-state index in [4.69, 9.17) is 27.9 Å². The van der Waals surface area contributed by atoms with Gasteiger partial charge in [-0.25, -0.2) is 0 Å². The fourth-order valence-electron chi connectivity index (χ4n) is 1.15. The van der Waals surface area contributed by atoms with Gasteiger partial charge in [0, 0.05) is 6.07 Å². The molecule has 15 heavy (non-hydrogen) atoms. The van der Waals surface area contributed by atoms with Gasteiger partial charge in [-0.2, -0.15) is 0 Å². The molecule has 0 radical (unpaired) electrons. The molecule has 1 aromatic rings. The van der Waals surface area contributed by atoms with Crippen molar-refractivity contribution >= 4 is 23.2 Å². The number of halogens is 2. The first-order valence-electron chi connectivity index (χ1n) is 5.05. The number of nitrogens with zero attached hydrogens (tertiary/aromatic N) is 2. The zero-order valence-corrected chi connectivity index (χ0v) is 10.2. The Bertz CT molecular complexity index is 307. The molecular formula is C10H14Cl2N2O. The molecule has 0 aliphatic carbocycles. The van der Waals surface area contributed by atoms with Gasteiger partial charge in [-0.15, -0.1) is 10.2 Å². The second-order valence-electron chi connectivity index (χ2n) is 3.23. The van der Waals surface area contributed by atoms with Gasteiger partial charge >= 0.3 is 0 Å². The standard InChI is InChI=1S/C10H14Cl2N2O/c1-2-3-4-5-6-15-8-7-9(11)13-14-10(8)12/h7H,2-6H2,1H3. The molecule has 0 spiro atoms. The summed E-state index contributed by atoms with van der Waals surface area (Å²) in [6, 6.07) is 1.58. The highest BCUT2D eigenvalue weighted by Crippen LogP contribution is 2.23. The molecule has 0 atom stereocenters. The summed E-state index contributed by atoms with van der Waals surface area (Å²) in [5.41, 5.74) is 0. The van der Waals surface area contributed by atoms with Crippen LogP contribution in [0.25, 0.3) is 0 Å². The molecule has 0 fully saturated rings. The Balaban J connectivity index is 2.33. The number of aromatic nitrogens is 2. The molecule has 0 saturated carbocycles. The van der Waals surface area contributed by atoms with E-state index in [0.717, 1.165) is 6.42 Å². The van der Waals surface area contributed by atoms with Gasteiger partial charge in [0.05, 0.1) is 6.61 Å². The number of hydrogen-bond acceptors (Lipinski definition) is 3. The SMILES string of the molecule is CCCCCCOc1cc(Cl)nnc1Cl. The molecule has 0 N–H and O–H groups in total. The van der Waals surface area contributed by atoms with Crippen LogP contribution >= 0.6 is 23.2 Å². The lowest BCUT2D eigenvalue weighted by atomic mass is 10.2. The summed E-state index contributed by atoms with van der Waals surface area (Å²) < 4.78 is 5.45. The van der Waals surface area contributed by atoms with E-state index in [-0.39, 0.29) is 5.15 Å². The maximum absolute atomic E-state index is 5.78. The Morgan fingerprint density at radius 2 is 2.00 bits per heavy atom. The van der Waals surface area contributed by atoms with Crippen LogP contribution in [0.5, 0.6) is 5.75 Å². The molecule has 0 unspecified atom stereocenters. The first-order valence-corrected chi connectivity index (χ1v) is 5.81. The van der Waals surface area contributed by atoms with Crippen molar-refractivity contribution < 1.29 is 4.74 Å². The van der Waals surface area contributed by atoms with Gasteiger partial charge in [-0.05, 0) is 6.42 Å². The normalized spacial score (nSPS) is 10.3. The molecule has 0 amide bonds. The van der Waals surface area contributed by atoms with Crippen LogP contribution in [0.2, 0.25) is 10.3 Å². The minimum absolute atomic E-state index is 0.259. The van der Waals surface area contributed by atoms with E-state index >= 15 is 0 Å². The fraction of sp³-hybridized carbons (Fsp3) is 0.600. The van der Waals surface area contributed by atoms with E-state index in [1.54, 1.807) is 6.07 Å². The smallest absolute Gasteiger partial charge is 0.193 e. The molecule has 1 aromatic heterocycles. The largest absolute Gasteiger partial charge is 0.490 e. The third-order valence-electron chi connectivity index (χ3n) is 1.94. The quantitative estimate of drug-likeness (QED) is 0.720. The second-order valence-corrected chi connectivity index (χ2v) is 3.98. The van der Waals surface area contributed by atoms with Crippen LogP contribution in [0.4, 0.5) is 0 Å². The van der Waals surface area contributed by atoms with Gasteiger partial charge < -0.3 is 4.74 Å². The lowest BCUT2D eigenvalue weighted by Gasteiger charge is -2.06. The van der Waals surface area contributed by atoms with Crippen LogP contribution in [-0.2, 0) is 0 Å². The van der Waals surface area contributed by atoms with E-state index in [1.807, 2.05) is 0 Å². The van der Waals surface area contributed by atoms with Gasteiger partial charge in [0.1, 0.15) is 0 Å². The van der Waals surface area contributed by atoms with E-state index < -0.39 is 0 Å². The molecule has 3 nitrogen and oxygen atoms in total. The zero-order valence-electron chi connectivity index (χ0n) is 8.67. The number of ether oxygens (including phenoxy) is 1. The van der Waals surface area contributed by atoms with Crippen molar-refractivity contribution in [2.75, 3.05) is 6.61 Å². The Hall–Kier alpha value is -0.540. The minimum Gasteiger partial charge on any atom is -0.490 e. The summed E-state index contributed by atoms with van der Waals surface area (Å²) in [6.07, 6.45) is 4.63. The third kappa shape index (κ3) is 4.67. The molecule has 5 heteroatoms. The summed E-state index contributed by atoms with van der Waals surface area (Å²) in [5.74, 6) is 0.508. The number of unbranched alkanes of at least 4 members (excludes halogenated alkanes) is 3. The van der Waals surface area contributed by atoms with Crippen molar-refractivity contribution in [3.8, 4) is 5.75 Å². The van der Waals surface area contributed by atoms with Crippen LogP contribution in [-0.4, -0.2) is 16.8 Å². The van der Waals surface area contributed by atoms with Gasteiger partial charge in [0.25, 0.3) is 0 Å². The maximum Gasteiger partial charge on any atom is 0.193 e. The topological polar surface area (TPSA) is 35.0 Å². The molecular weight excluding hydrogens is 235 g/mol. The Labute approximate surface area is 99.7 Å². The highest BCUT2D eigenvalue weighted by atomic mass is 35.5. The van der Waals surface area contributed by atoms with Crippen molar-refractivity contribution in [2.24, 2.45) is 0 Å². The molecule has 1 heterocycles. The lowest BCUT2D eigenvalue weighted by molar-refractivity contribution is 0.303. The predicted molar refractivity (Wildman–Crippen MR) is 61.7 cm³/mol. The molecule has 0 bridgehead atoms. The van der Waals surface area contributed by atoms with Crippen LogP contribution < -0.4 is 4.74 Å². The molecule has 0 aliphatic rings. The van der Waals surface area contributed by atoms with Crippen molar-refractivity contribution in [3.05, 3.63) is 16.4 Å². The predicted octanol–water partition coefficient (Wildman–Crippen LogP) is 3.74. The molecule has 1 rings (SSSR count). The van der Waals surface area contributed by atoms with Crippen molar-refractivity contribution in [2.45, 2.75) is 32.6 Å². The molecule has 84 valence electrons. The summed E-state index contributed by atoms with van der Waals surface area (Å²) in [4.78, 5) is 0. The highest BCUT2D eigenvalue weighted by Gasteiger charge is 2.04. The zero-order chi connectivity index (χ0) is 11.1. The highest BCUT2D eigenvalue weighted by molar-refractivity contribution is 6.32. The van der Waals surface area contributed by atoms with E-state index in [1.165, 1.54) is 19.3 Å². The number of hydrogen-bond donors (Lipinski definition) is 0. The average molecular weight is 249 g/mol. The van der Waals surface area contributed by atoms with Crippen molar-refractivity contribution in [1.29, 1.82) is 0 Å². The second kappa shape index (κ2) is 6.85. The minimum atomic E-state index is 0.259. The average Bonchev–Trinajstić information content (AvgIpc) is 2.23. The van der Waals surface area contributed by atoms with Gasteiger partial charge in [0.2, 0.25) is 0 Å². The fourth-order valence-corrected chi connectivity index (χ4v) is 1.43. The maximum atomic E-state index is 5.78. The molecule has 0 aliphatic heterocycles. The van der Waals surface area contributed by atoms with Crippen molar-refractivity contribution in [3.63, 3.8) is 0 Å². The van der Waals surface area contributed by atoms with E-state index in [9.17, 15) is 0 Å². The van der Waals surface area contributed by atoms with E-state index in [0.29, 0.717) is 17.5 Å². The monoisotopic (exact) mass is 248 g/mol. The Morgan fingerprint density at radius 1 is 1.20 bits per heavy atom. The lowest BCUT2D eigenvalue weighted by Crippen LogP contribution is -1.99. The first-order chi connectivity index (χ1) is 7.24. The van der Waals surface area contributed by atoms with Gasteiger partial charge in [0.15, 0.2) is 16.1 Å². The third-order valence-corrected chi connectivity index (χ3v) is 2.39. The number of rotatable bonds is 6. The van der Waals surface area contributed by atoms with Crippen molar-refractivity contribution in [1.82, 2.24) is 10.2 Å². The summed E-state index contributed by atoms with van der Waals surface area (Å²) in [7, 11) is 0. The van der Waals surface area contributed by atoms with Crippen LogP contribution in [0.1, 0.15) is 32.6 Å². The molecule has 0 aromatic carbocycles. The summed E-state index contributed by atoms with van der Waals surface area (Å²) >= 11 is 11.4. The van der Waals surface area contributed by atoms with Gasteiger partial charge in [-0.1, -0.05) is 49.4 Å².